The van der Waals surface area contributed by atoms with Gasteiger partial charge in [0.25, 0.3) is 0 Å². The maximum atomic E-state index is 12.8. The number of hydrogen-bond donors (Lipinski definition) is 2. The standard InChI is InChI=1S/C17H30N2O4/c1-3-23-15(20)13-4-6-14(7-5-13)19-16(21)17(12-22-2)8-10-18-11-9-17/h13-14,18H,3-12H2,1-2H3,(H,19,21). The van der Waals surface area contributed by atoms with Crippen molar-refractivity contribution in [2.45, 2.75) is 51.5 Å². The molecule has 132 valence electrons. The summed E-state index contributed by atoms with van der Waals surface area (Å²) in [7, 11) is 1.65. The molecule has 0 unspecified atom stereocenters. The Morgan fingerprint density at radius 1 is 1.17 bits per heavy atom. The molecule has 2 fully saturated rings. The molecule has 2 N–H and O–H groups in total. The van der Waals surface area contributed by atoms with Gasteiger partial charge in [-0.15, -0.1) is 0 Å². The van der Waals surface area contributed by atoms with Crippen molar-refractivity contribution in [2.24, 2.45) is 11.3 Å². The van der Waals surface area contributed by atoms with Gasteiger partial charge in [0, 0.05) is 13.2 Å². The van der Waals surface area contributed by atoms with Crippen molar-refractivity contribution in [2.75, 3.05) is 33.4 Å². The van der Waals surface area contributed by atoms with E-state index in [9.17, 15) is 9.59 Å². The summed E-state index contributed by atoms with van der Waals surface area (Å²) in [6.07, 6.45) is 4.90. The molecule has 1 aliphatic carbocycles. The van der Waals surface area contributed by atoms with E-state index in [-0.39, 0.29) is 23.8 Å². The highest BCUT2D eigenvalue weighted by molar-refractivity contribution is 5.83. The smallest absolute Gasteiger partial charge is 0.308 e. The zero-order chi connectivity index (χ0) is 16.7. The van der Waals surface area contributed by atoms with Crippen molar-refractivity contribution in [1.29, 1.82) is 0 Å². The van der Waals surface area contributed by atoms with E-state index in [0.29, 0.717) is 13.2 Å². The quantitative estimate of drug-likeness (QED) is 0.718. The molecule has 1 amide bonds. The first-order chi connectivity index (χ1) is 11.1. The molecule has 6 heteroatoms. The van der Waals surface area contributed by atoms with Crippen LogP contribution in [0.1, 0.15) is 45.4 Å². The molecular formula is C17H30N2O4. The first-order valence-corrected chi connectivity index (χ1v) is 8.78. The van der Waals surface area contributed by atoms with Gasteiger partial charge in [-0.05, 0) is 58.5 Å². The highest BCUT2D eigenvalue weighted by atomic mass is 16.5. The Morgan fingerprint density at radius 2 is 1.83 bits per heavy atom. The van der Waals surface area contributed by atoms with Crippen LogP contribution in [0.3, 0.4) is 0 Å². The summed E-state index contributed by atoms with van der Waals surface area (Å²) in [5, 5.41) is 6.51. The number of carbonyl (C=O) groups excluding carboxylic acids is 2. The van der Waals surface area contributed by atoms with Gasteiger partial charge < -0.3 is 20.1 Å². The average molecular weight is 326 g/mol. The van der Waals surface area contributed by atoms with E-state index in [0.717, 1.165) is 51.6 Å². The molecule has 0 bridgehead atoms. The molecule has 1 aliphatic heterocycles. The largest absolute Gasteiger partial charge is 0.466 e. The maximum Gasteiger partial charge on any atom is 0.308 e. The lowest BCUT2D eigenvalue weighted by atomic mass is 9.78. The van der Waals surface area contributed by atoms with E-state index in [4.69, 9.17) is 9.47 Å². The topological polar surface area (TPSA) is 76.7 Å². The van der Waals surface area contributed by atoms with Gasteiger partial charge in [-0.1, -0.05) is 0 Å². The molecule has 1 heterocycles. The van der Waals surface area contributed by atoms with Crippen LogP contribution in [0.5, 0.6) is 0 Å². The molecule has 0 radical (unpaired) electrons. The summed E-state index contributed by atoms with van der Waals surface area (Å²) < 4.78 is 10.4. The average Bonchev–Trinajstić information content (AvgIpc) is 2.57. The number of nitrogens with one attached hydrogen (secondary N) is 2. The van der Waals surface area contributed by atoms with Gasteiger partial charge >= 0.3 is 5.97 Å². The van der Waals surface area contributed by atoms with Crippen LogP contribution in [0.25, 0.3) is 0 Å². The lowest BCUT2D eigenvalue weighted by Crippen LogP contribution is -2.53. The Hall–Kier alpha value is -1.14. The van der Waals surface area contributed by atoms with E-state index >= 15 is 0 Å². The molecule has 1 saturated carbocycles. The highest BCUT2D eigenvalue weighted by Gasteiger charge is 2.41. The van der Waals surface area contributed by atoms with Gasteiger partial charge in [0.15, 0.2) is 0 Å². The number of methoxy groups -OCH3 is 1. The van der Waals surface area contributed by atoms with E-state index in [1.807, 2.05) is 6.92 Å². The second-order valence-electron chi connectivity index (χ2n) is 6.74. The zero-order valence-electron chi connectivity index (χ0n) is 14.4. The zero-order valence-corrected chi connectivity index (χ0v) is 14.4. The van der Waals surface area contributed by atoms with E-state index < -0.39 is 5.41 Å². The van der Waals surface area contributed by atoms with Crippen LogP contribution in [0.2, 0.25) is 0 Å². The summed E-state index contributed by atoms with van der Waals surface area (Å²) in [6, 6.07) is 0.164. The predicted octanol–water partition coefficient (Wildman–Crippen LogP) is 1.24. The normalized spacial score (nSPS) is 27.2. The van der Waals surface area contributed by atoms with Crippen molar-refractivity contribution in [3.05, 3.63) is 0 Å². The molecule has 0 aromatic rings. The van der Waals surface area contributed by atoms with E-state index in [1.54, 1.807) is 7.11 Å². The van der Waals surface area contributed by atoms with Gasteiger partial charge in [-0.2, -0.15) is 0 Å². The van der Waals surface area contributed by atoms with Crippen LogP contribution >= 0.6 is 0 Å². The molecular weight excluding hydrogens is 296 g/mol. The Bertz CT molecular complexity index is 394. The van der Waals surface area contributed by atoms with Crippen molar-refractivity contribution < 1.29 is 19.1 Å². The lowest BCUT2D eigenvalue weighted by molar-refractivity contribution is -0.149. The summed E-state index contributed by atoms with van der Waals surface area (Å²) in [4.78, 5) is 24.6. The van der Waals surface area contributed by atoms with Crippen LogP contribution in [0, 0.1) is 11.3 Å². The SMILES string of the molecule is CCOC(=O)C1CCC(NC(=O)C2(COC)CCNCC2)CC1. The minimum absolute atomic E-state index is 0.00471. The number of rotatable bonds is 6. The number of piperidine rings is 1. The van der Waals surface area contributed by atoms with Crippen LogP contribution in [-0.4, -0.2) is 51.3 Å². The van der Waals surface area contributed by atoms with Crippen LogP contribution < -0.4 is 10.6 Å². The van der Waals surface area contributed by atoms with Crippen molar-refractivity contribution in [3.63, 3.8) is 0 Å². The number of hydrogen-bond acceptors (Lipinski definition) is 5. The Balaban J connectivity index is 1.84. The molecule has 2 rings (SSSR count). The summed E-state index contributed by atoms with van der Waals surface area (Å²) >= 11 is 0. The first-order valence-electron chi connectivity index (χ1n) is 8.78. The molecule has 6 nitrogen and oxygen atoms in total. The molecule has 2 aliphatic rings. The number of amides is 1. The van der Waals surface area contributed by atoms with Gasteiger partial charge in [0.05, 0.1) is 24.5 Å². The fourth-order valence-corrected chi connectivity index (χ4v) is 3.69. The van der Waals surface area contributed by atoms with Crippen LogP contribution in [0.4, 0.5) is 0 Å². The predicted molar refractivity (Wildman–Crippen MR) is 86.9 cm³/mol. The second-order valence-corrected chi connectivity index (χ2v) is 6.74. The molecule has 0 aromatic heterocycles. The summed E-state index contributed by atoms with van der Waals surface area (Å²) in [5.74, 6) is 0.0156. The fourth-order valence-electron chi connectivity index (χ4n) is 3.69. The number of esters is 1. The van der Waals surface area contributed by atoms with Crippen LogP contribution in [-0.2, 0) is 19.1 Å². The van der Waals surface area contributed by atoms with E-state index in [1.165, 1.54) is 0 Å². The molecule has 0 aromatic carbocycles. The first kappa shape index (κ1) is 18.2. The van der Waals surface area contributed by atoms with Crippen molar-refractivity contribution in [3.8, 4) is 0 Å². The van der Waals surface area contributed by atoms with E-state index in [2.05, 4.69) is 10.6 Å². The van der Waals surface area contributed by atoms with Gasteiger partial charge in [-0.3, -0.25) is 9.59 Å². The Kier molecular flexibility index (Phi) is 6.84. The highest BCUT2D eigenvalue weighted by Crippen LogP contribution is 2.31. The van der Waals surface area contributed by atoms with Gasteiger partial charge in [0.2, 0.25) is 5.91 Å². The second kappa shape index (κ2) is 8.64. The Morgan fingerprint density at radius 3 is 2.39 bits per heavy atom. The van der Waals surface area contributed by atoms with Crippen molar-refractivity contribution in [1.82, 2.24) is 10.6 Å². The molecule has 0 atom stereocenters. The summed E-state index contributed by atoms with van der Waals surface area (Å²) in [6.45, 7) is 4.44. The third-order valence-corrected chi connectivity index (χ3v) is 5.15. The maximum absolute atomic E-state index is 12.8. The molecule has 23 heavy (non-hydrogen) atoms. The third kappa shape index (κ3) is 4.67. The van der Waals surface area contributed by atoms with Gasteiger partial charge in [-0.25, -0.2) is 0 Å². The fraction of sp³-hybridized carbons (Fsp3) is 0.882. The summed E-state index contributed by atoms with van der Waals surface area (Å²) in [5.41, 5.74) is -0.405. The van der Waals surface area contributed by atoms with Crippen molar-refractivity contribution >= 4 is 11.9 Å². The monoisotopic (exact) mass is 326 g/mol. The lowest BCUT2D eigenvalue weighted by Gasteiger charge is -2.37. The number of ether oxygens (including phenoxy) is 2. The minimum atomic E-state index is -0.405. The number of carbonyl (C=O) groups is 2. The van der Waals surface area contributed by atoms with Crippen LogP contribution in [0.15, 0.2) is 0 Å². The third-order valence-electron chi connectivity index (χ3n) is 5.15. The molecule has 1 saturated heterocycles. The van der Waals surface area contributed by atoms with Gasteiger partial charge in [0.1, 0.15) is 0 Å². The Labute approximate surface area is 138 Å². The minimum Gasteiger partial charge on any atom is -0.466 e. The molecule has 0 spiro atoms.